The quantitative estimate of drug-likeness (QED) is 0.0910. The fraction of sp³-hybridized carbons (Fsp3) is 0. The van der Waals surface area contributed by atoms with Crippen LogP contribution < -0.4 is 9.80 Å². The second kappa shape index (κ2) is 32.5. The van der Waals surface area contributed by atoms with E-state index in [2.05, 4.69) is 507 Å². The van der Waals surface area contributed by atoms with Crippen LogP contribution in [0, 0.1) is 0 Å². The maximum Gasteiger partial charge on any atom is 0.143 e. The second-order valence-corrected chi connectivity index (χ2v) is 34.4. The van der Waals surface area contributed by atoms with E-state index < -0.39 is 0 Å². The van der Waals surface area contributed by atoms with Gasteiger partial charge >= 0.3 is 0 Å². The lowest BCUT2D eigenvalue weighted by Crippen LogP contribution is -2.11. The first-order chi connectivity index (χ1) is 65.4. The molecule has 132 heavy (non-hydrogen) atoms. The van der Waals surface area contributed by atoms with Gasteiger partial charge in [-0.1, -0.05) is 400 Å². The molecule has 0 amide bonds. The Hall–Kier alpha value is -17.4. The van der Waals surface area contributed by atoms with Gasteiger partial charge in [-0.3, -0.25) is 0 Å². The molecule has 4 nitrogen and oxygen atoms in total. The third-order valence-corrected chi connectivity index (χ3v) is 26.9. The van der Waals surface area contributed by atoms with Gasteiger partial charge in [0, 0.05) is 66.2 Å². The Morgan fingerprint density at radius 3 is 0.970 bits per heavy atom. The van der Waals surface area contributed by atoms with Gasteiger partial charge in [-0.15, -0.1) is 0 Å². The molecule has 0 unspecified atom stereocenters. The highest BCUT2D eigenvalue weighted by molar-refractivity contribution is 6.22. The average Bonchev–Trinajstić information content (AvgIpc) is 1.56. The topological polar surface area (TPSA) is 32.8 Å². The standard InChI is InChI=1S/C128H82N2O2/c1-4-24-83(25-5-1)95-35-16-36-96(78-95)86-60-70-101(71-61-86)129(102-72-62-93(63-73-102)113-46-22-50-123-125(113)118-76-64-91-32-12-15-41-115(91)127(118)131-123)121-82-100(67-75-111(121)89-26-6-2-7-27-89)110-45-21-48-116-109(44-20-49-117(110)116)98-57-56-94-65-77-119-126-114(47-23-51-124(126)132-128(119)120(94)80-98)97-37-17-38-104(79-97)130(103-68-58-85(59-69-103)84-52-54-92(55-53-84)107-42-18-33-87-30-10-13-39-105(87)107)122-81-99(66-74-112(122)90-28-8-3-9-29-90)108-43-19-34-88-31-11-14-40-106(88)108/h1-82H. The van der Waals surface area contributed by atoms with Crippen LogP contribution in [0.2, 0.25) is 0 Å². The van der Waals surface area contributed by atoms with Crippen LogP contribution in [-0.4, -0.2) is 0 Å². The van der Waals surface area contributed by atoms with Crippen LogP contribution in [0.5, 0.6) is 0 Å². The van der Waals surface area contributed by atoms with Gasteiger partial charge in [0.05, 0.1) is 11.4 Å². The fourth-order valence-electron chi connectivity index (χ4n) is 20.5. The predicted molar refractivity (Wildman–Crippen MR) is 558 cm³/mol. The van der Waals surface area contributed by atoms with Crippen LogP contribution in [-0.2, 0) is 0 Å². The number of benzene rings is 23. The lowest BCUT2D eigenvalue weighted by atomic mass is 9.90. The van der Waals surface area contributed by atoms with Gasteiger partial charge in [0.1, 0.15) is 22.3 Å². The summed E-state index contributed by atoms with van der Waals surface area (Å²) in [5.74, 6) is 0. The van der Waals surface area contributed by atoms with Crippen molar-refractivity contribution in [2.24, 2.45) is 0 Å². The van der Waals surface area contributed by atoms with E-state index >= 15 is 0 Å². The third-order valence-electron chi connectivity index (χ3n) is 26.9. The predicted octanol–water partition coefficient (Wildman–Crippen LogP) is 36.5. The van der Waals surface area contributed by atoms with Crippen molar-refractivity contribution in [3.8, 4) is 122 Å². The maximum absolute atomic E-state index is 7.27. The molecule has 0 radical (unpaired) electrons. The number of anilines is 6. The van der Waals surface area contributed by atoms with E-state index in [0.29, 0.717) is 0 Å². The fourth-order valence-corrected chi connectivity index (χ4v) is 20.5. The number of hydrogen-bond donors (Lipinski definition) is 0. The first-order valence-corrected chi connectivity index (χ1v) is 45.3. The molecule has 0 spiro atoms. The monoisotopic (exact) mass is 1680 g/mol. The lowest BCUT2D eigenvalue weighted by Gasteiger charge is -2.29. The van der Waals surface area contributed by atoms with E-state index in [0.717, 1.165) is 205 Å². The minimum atomic E-state index is 0.827. The molecule has 4 heteroatoms. The highest BCUT2D eigenvalue weighted by Crippen LogP contribution is 2.51. The SMILES string of the molecule is c1ccc(-c2cccc(-c3ccc(N(c4ccc(-c5cccc6oc7c8ccccc8ccc7c56)cc4)c4cc(-c5cccc6c(-c7ccc8ccc9c(oc%10cccc(-c%11cccc(N(c%12ccc(-c%13ccc(-c%14cccc%15ccccc%14%15)cc%13)cc%12)c%12cc(-c%13cccc%14ccccc%13%14)ccc%12-c%12ccccc%12)c%11)c%109)c8c7)cccc56)ccc4-c4ccccc4)cc3)c2)cc1. The molecule has 25 aromatic rings. The zero-order valence-corrected chi connectivity index (χ0v) is 72.1. The van der Waals surface area contributed by atoms with E-state index in [4.69, 9.17) is 8.83 Å². The summed E-state index contributed by atoms with van der Waals surface area (Å²) < 4.78 is 14.0. The van der Waals surface area contributed by atoms with Gasteiger partial charge in [0.15, 0.2) is 0 Å². The Bertz CT molecular complexity index is 8790. The summed E-state index contributed by atoms with van der Waals surface area (Å²) in [5.41, 5.74) is 34.6. The molecule has 2 aromatic heterocycles. The van der Waals surface area contributed by atoms with E-state index in [9.17, 15) is 0 Å². The summed E-state index contributed by atoms with van der Waals surface area (Å²) in [4.78, 5) is 4.91. The third kappa shape index (κ3) is 13.6. The summed E-state index contributed by atoms with van der Waals surface area (Å²) in [6, 6.07) is 182. The lowest BCUT2D eigenvalue weighted by molar-refractivity contribution is 0.672. The van der Waals surface area contributed by atoms with Gasteiger partial charge in [-0.25, -0.2) is 0 Å². The number of hydrogen-bond acceptors (Lipinski definition) is 4. The van der Waals surface area contributed by atoms with Crippen LogP contribution >= 0.6 is 0 Å². The van der Waals surface area contributed by atoms with Crippen molar-refractivity contribution in [1.82, 2.24) is 0 Å². The minimum absolute atomic E-state index is 0.827. The number of fused-ring (bicyclic) bond motifs is 13. The summed E-state index contributed by atoms with van der Waals surface area (Å²) in [7, 11) is 0. The van der Waals surface area contributed by atoms with Crippen molar-refractivity contribution >= 4 is 132 Å². The molecule has 0 saturated heterocycles. The van der Waals surface area contributed by atoms with Crippen LogP contribution in [0.25, 0.3) is 220 Å². The molecule has 0 fully saturated rings. The Labute approximate surface area is 765 Å². The number of nitrogens with zero attached hydrogens (tertiary/aromatic N) is 2. The van der Waals surface area contributed by atoms with Gasteiger partial charge in [-0.05, 0) is 251 Å². The molecule has 0 aliphatic rings. The molecular formula is C128H82N2O2. The molecule has 0 N–H and O–H groups in total. The Kier molecular flexibility index (Phi) is 18.9. The van der Waals surface area contributed by atoms with Crippen molar-refractivity contribution in [1.29, 1.82) is 0 Å². The molecular weight excluding hydrogens is 1600 g/mol. The summed E-state index contributed by atoms with van der Waals surface area (Å²) >= 11 is 0. The molecule has 0 aliphatic heterocycles. The Morgan fingerprint density at radius 1 is 0.136 bits per heavy atom. The van der Waals surface area contributed by atoms with Crippen molar-refractivity contribution in [2.75, 3.05) is 9.80 Å². The highest BCUT2D eigenvalue weighted by Gasteiger charge is 2.26. The van der Waals surface area contributed by atoms with E-state index in [1.54, 1.807) is 0 Å². The maximum atomic E-state index is 7.27. The largest absolute Gasteiger partial charge is 0.455 e. The highest BCUT2D eigenvalue weighted by atomic mass is 16.3. The van der Waals surface area contributed by atoms with E-state index in [1.807, 2.05) is 0 Å². The summed E-state index contributed by atoms with van der Waals surface area (Å²) in [6.07, 6.45) is 0. The molecule has 2 heterocycles. The summed E-state index contributed by atoms with van der Waals surface area (Å²) in [5, 5.41) is 15.9. The van der Waals surface area contributed by atoms with Gasteiger partial charge in [0.2, 0.25) is 0 Å². The van der Waals surface area contributed by atoms with Crippen molar-refractivity contribution < 1.29 is 8.83 Å². The second-order valence-electron chi connectivity index (χ2n) is 34.4. The van der Waals surface area contributed by atoms with Crippen LogP contribution in [0.3, 0.4) is 0 Å². The van der Waals surface area contributed by atoms with Crippen molar-refractivity contribution in [3.63, 3.8) is 0 Å². The molecule has 25 rings (SSSR count). The molecule has 0 bridgehead atoms. The number of furan rings is 2. The van der Waals surface area contributed by atoms with E-state index in [1.165, 1.54) is 49.4 Å². The van der Waals surface area contributed by atoms with E-state index in [-0.39, 0.29) is 0 Å². The zero-order valence-electron chi connectivity index (χ0n) is 72.1. The summed E-state index contributed by atoms with van der Waals surface area (Å²) in [6.45, 7) is 0. The first kappa shape index (κ1) is 76.9. The first-order valence-electron chi connectivity index (χ1n) is 45.3. The molecule has 23 aromatic carbocycles. The molecule has 0 aliphatic carbocycles. The van der Waals surface area contributed by atoms with Crippen molar-refractivity contribution in [3.05, 3.63) is 497 Å². The van der Waals surface area contributed by atoms with Crippen LogP contribution in [0.4, 0.5) is 34.1 Å². The van der Waals surface area contributed by atoms with Crippen molar-refractivity contribution in [2.45, 2.75) is 0 Å². The molecule has 0 saturated carbocycles. The normalized spacial score (nSPS) is 11.6. The van der Waals surface area contributed by atoms with Gasteiger partial charge in [-0.2, -0.15) is 0 Å². The average molecular weight is 1680 g/mol. The van der Waals surface area contributed by atoms with Gasteiger partial charge in [0.25, 0.3) is 0 Å². The smallest absolute Gasteiger partial charge is 0.143 e. The molecule has 0 atom stereocenters. The van der Waals surface area contributed by atoms with Crippen LogP contribution in [0.15, 0.2) is 506 Å². The number of rotatable bonds is 17. The minimum Gasteiger partial charge on any atom is -0.455 e. The molecule has 616 valence electrons. The zero-order chi connectivity index (χ0) is 87.1. The Morgan fingerprint density at radius 2 is 0.432 bits per heavy atom. The van der Waals surface area contributed by atoms with Gasteiger partial charge < -0.3 is 18.6 Å². The Balaban J connectivity index is 0.593. The van der Waals surface area contributed by atoms with Crippen LogP contribution in [0.1, 0.15) is 0 Å².